The van der Waals surface area contributed by atoms with Crippen molar-refractivity contribution in [3.05, 3.63) is 0 Å². The second-order valence-electron chi connectivity index (χ2n) is 1.64. The van der Waals surface area contributed by atoms with Gasteiger partial charge in [-0.1, -0.05) is 0 Å². The van der Waals surface area contributed by atoms with E-state index in [0.29, 0.717) is 6.54 Å². The van der Waals surface area contributed by atoms with Crippen LogP contribution in [-0.2, 0) is 0 Å². The van der Waals surface area contributed by atoms with E-state index in [-0.39, 0.29) is 0 Å². The molecule has 0 aromatic carbocycles. The summed E-state index contributed by atoms with van der Waals surface area (Å²) in [6.45, 7) is 1.27. The fraction of sp³-hybridized carbons (Fsp3) is 0.571. The molecule has 0 aromatic rings. The van der Waals surface area contributed by atoms with Crippen LogP contribution in [-0.4, -0.2) is 13.1 Å². The quantitative estimate of drug-likeness (QED) is 0.335. The molecule has 0 amide bonds. The van der Waals surface area contributed by atoms with E-state index in [1.807, 2.05) is 6.07 Å². The average molecular weight is 122 g/mol. The molecule has 2 nitrogen and oxygen atoms in total. The third kappa shape index (κ3) is 7.01. The lowest BCUT2D eigenvalue weighted by molar-refractivity contribution is 0.710. The maximum Gasteiger partial charge on any atom is 0.0840 e. The van der Waals surface area contributed by atoms with Crippen molar-refractivity contribution in [3.63, 3.8) is 0 Å². The van der Waals surface area contributed by atoms with Gasteiger partial charge in [-0.2, -0.15) is 5.26 Å². The Balaban J connectivity index is 2.79. The maximum absolute atomic E-state index is 8.07. The van der Waals surface area contributed by atoms with Crippen LogP contribution < -0.4 is 5.32 Å². The Hall–Kier alpha value is -0.990. The highest BCUT2D eigenvalue weighted by molar-refractivity contribution is 4.83. The highest BCUT2D eigenvalue weighted by Gasteiger charge is 1.81. The van der Waals surface area contributed by atoms with E-state index in [1.54, 1.807) is 0 Å². The Morgan fingerprint density at radius 3 is 2.89 bits per heavy atom. The van der Waals surface area contributed by atoms with Crippen molar-refractivity contribution in [3.8, 4) is 18.4 Å². The third-order valence-electron chi connectivity index (χ3n) is 0.879. The Bertz CT molecular complexity index is 111. The highest BCUT2D eigenvalue weighted by Crippen LogP contribution is 1.80. The van der Waals surface area contributed by atoms with E-state index >= 15 is 0 Å². The molecule has 0 heterocycles. The molecule has 0 unspecified atom stereocenters. The molecule has 0 aliphatic heterocycles. The summed E-state index contributed by atoms with van der Waals surface area (Å²) in [4.78, 5) is 0. The summed E-state index contributed by atoms with van der Waals surface area (Å²) >= 11 is 0. The van der Waals surface area contributed by atoms with Crippen molar-refractivity contribution in [1.29, 1.82) is 5.26 Å². The summed E-state index contributed by atoms with van der Waals surface area (Å²) in [5, 5.41) is 11.0. The summed E-state index contributed by atoms with van der Waals surface area (Å²) in [6, 6.07) is 1.98. The molecule has 0 aromatic heterocycles. The molecular formula is C7H10N2. The lowest BCUT2D eigenvalue weighted by atomic mass is 10.3. The molecule has 0 atom stereocenters. The van der Waals surface area contributed by atoms with Crippen LogP contribution in [0.3, 0.4) is 0 Å². The topological polar surface area (TPSA) is 35.8 Å². The van der Waals surface area contributed by atoms with Crippen molar-refractivity contribution in [2.24, 2.45) is 0 Å². The van der Waals surface area contributed by atoms with E-state index in [9.17, 15) is 0 Å². The largest absolute Gasteiger partial charge is 0.304 e. The SMILES string of the molecule is C#CCCCNCC#N. The fourth-order valence-electron chi connectivity index (χ4n) is 0.460. The minimum Gasteiger partial charge on any atom is -0.304 e. The molecule has 1 N–H and O–H groups in total. The molecule has 0 aliphatic rings. The van der Waals surface area contributed by atoms with Gasteiger partial charge in [-0.05, 0) is 13.0 Å². The van der Waals surface area contributed by atoms with E-state index in [1.165, 1.54) is 0 Å². The van der Waals surface area contributed by atoms with Gasteiger partial charge in [0.25, 0.3) is 0 Å². The van der Waals surface area contributed by atoms with Gasteiger partial charge in [-0.3, -0.25) is 0 Å². The van der Waals surface area contributed by atoms with Crippen LogP contribution in [0, 0.1) is 23.7 Å². The fourth-order valence-corrected chi connectivity index (χ4v) is 0.460. The Labute approximate surface area is 55.9 Å². The zero-order valence-corrected chi connectivity index (χ0v) is 5.35. The minimum absolute atomic E-state index is 0.421. The normalized spacial score (nSPS) is 7.78. The van der Waals surface area contributed by atoms with E-state index in [4.69, 9.17) is 11.7 Å². The van der Waals surface area contributed by atoms with Gasteiger partial charge >= 0.3 is 0 Å². The standard InChI is InChI=1S/C7H10N2/c1-2-3-4-6-9-7-5-8/h1,9H,3-4,6-7H2. The van der Waals surface area contributed by atoms with E-state index < -0.39 is 0 Å². The summed E-state index contributed by atoms with van der Waals surface area (Å²) in [7, 11) is 0. The van der Waals surface area contributed by atoms with Crippen LogP contribution in [0.4, 0.5) is 0 Å². The predicted molar refractivity (Wildman–Crippen MR) is 36.5 cm³/mol. The van der Waals surface area contributed by atoms with Gasteiger partial charge in [0.15, 0.2) is 0 Å². The van der Waals surface area contributed by atoms with Gasteiger partial charge < -0.3 is 5.32 Å². The molecule has 9 heavy (non-hydrogen) atoms. The first-order chi connectivity index (χ1) is 4.41. The van der Waals surface area contributed by atoms with Crippen molar-refractivity contribution in [2.75, 3.05) is 13.1 Å². The second kappa shape index (κ2) is 7.01. The molecule has 0 spiro atoms. The first-order valence-electron chi connectivity index (χ1n) is 2.93. The average Bonchev–Trinajstić information content (AvgIpc) is 1.89. The van der Waals surface area contributed by atoms with Crippen LogP contribution in [0.5, 0.6) is 0 Å². The number of unbranched alkanes of at least 4 members (excludes halogenated alkanes) is 1. The van der Waals surface area contributed by atoms with Crippen LogP contribution in [0.2, 0.25) is 0 Å². The molecule has 0 bridgehead atoms. The molecule has 0 radical (unpaired) electrons. The van der Waals surface area contributed by atoms with Crippen molar-refractivity contribution in [2.45, 2.75) is 12.8 Å². The molecule has 0 aliphatic carbocycles. The summed E-state index contributed by atoms with van der Waals surface area (Å²) in [5.74, 6) is 2.52. The second-order valence-corrected chi connectivity index (χ2v) is 1.64. The Kier molecular flexibility index (Phi) is 6.24. The monoisotopic (exact) mass is 122 g/mol. The number of rotatable bonds is 4. The van der Waals surface area contributed by atoms with Gasteiger partial charge in [0.1, 0.15) is 0 Å². The molecule has 48 valence electrons. The van der Waals surface area contributed by atoms with Crippen LogP contribution in [0.15, 0.2) is 0 Å². The molecule has 0 saturated heterocycles. The third-order valence-corrected chi connectivity index (χ3v) is 0.879. The number of terminal acetylenes is 1. The van der Waals surface area contributed by atoms with Crippen molar-refractivity contribution in [1.82, 2.24) is 5.32 Å². The van der Waals surface area contributed by atoms with Crippen LogP contribution in [0.1, 0.15) is 12.8 Å². The summed E-state index contributed by atoms with van der Waals surface area (Å²) in [6.07, 6.45) is 6.75. The molecule has 2 heteroatoms. The Morgan fingerprint density at radius 1 is 1.56 bits per heavy atom. The van der Waals surface area contributed by atoms with Crippen molar-refractivity contribution < 1.29 is 0 Å². The predicted octanol–water partition coefficient (Wildman–Crippen LogP) is 0.513. The number of hydrogen-bond donors (Lipinski definition) is 1. The van der Waals surface area contributed by atoms with Gasteiger partial charge in [0.05, 0.1) is 12.6 Å². The lowest BCUT2D eigenvalue weighted by Crippen LogP contribution is -2.14. The molecule has 0 saturated carbocycles. The summed E-state index contributed by atoms with van der Waals surface area (Å²) < 4.78 is 0. The van der Waals surface area contributed by atoms with Gasteiger partial charge in [-0.25, -0.2) is 0 Å². The van der Waals surface area contributed by atoms with Gasteiger partial charge in [0.2, 0.25) is 0 Å². The first kappa shape index (κ1) is 8.01. The summed E-state index contributed by atoms with van der Waals surface area (Å²) in [5.41, 5.74) is 0. The number of nitrogens with one attached hydrogen (secondary N) is 1. The zero-order valence-electron chi connectivity index (χ0n) is 5.35. The van der Waals surface area contributed by atoms with Gasteiger partial charge in [-0.15, -0.1) is 12.3 Å². The molecule has 0 fully saturated rings. The van der Waals surface area contributed by atoms with Gasteiger partial charge in [0, 0.05) is 6.42 Å². The lowest BCUT2D eigenvalue weighted by Gasteiger charge is -1.93. The Morgan fingerprint density at radius 2 is 2.33 bits per heavy atom. The number of hydrogen-bond acceptors (Lipinski definition) is 2. The molecular weight excluding hydrogens is 112 g/mol. The van der Waals surface area contributed by atoms with Crippen LogP contribution >= 0.6 is 0 Å². The number of nitriles is 1. The smallest absolute Gasteiger partial charge is 0.0840 e. The maximum atomic E-state index is 8.07. The zero-order chi connectivity index (χ0) is 6.95. The van der Waals surface area contributed by atoms with Crippen LogP contribution in [0.25, 0.3) is 0 Å². The minimum atomic E-state index is 0.421. The van der Waals surface area contributed by atoms with E-state index in [0.717, 1.165) is 19.4 Å². The highest BCUT2D eigenvalue weighted by atomic mass is 14.8. The molecule has 0 rings (SSSR count). The first-order valence-corrected chi connectivity index (χ1v) is 2.93. The van der Waals surface area contributed by atoms with E-state index in [2.05, 4.69) is 11.2 Å². The van der Waals surface area contributed by atoms with Crippen molar-refractivity contribution >= 4 is 0 Å². The number of nitrogens with zero attached hydrogens (tertiary/aromatic N) is 1.